The normalized spacial score (nSPS) is 19.9. The minimum absolute atomic E-state index is 0.0176. The lowest BCUT2D eigenvalue weighted by atomic mass is 9.78. The molecule has 0 bridgehead atoms. The quantitative estimate of drug-likeness (QED) is 0.696. The highest BCUT2D eigenvalue weighted by Gasteiger charge is 2.48. The SMILES string of the molecule is Cc1ccc(C(O)(C(=O)N2CCC(N(C)CCc3ccccc3)CC2)C2CCCC2)cc1. The molecule has 1 aliphatic carbocycles. The van der Waals surface area contributed by atoms with Crippen molar-refractivity contribution in [1.82, 2.24) is 9.80 Å². The minimum atomic E-state index is -1.39. The van der Waals surface area contributed by atoms with E-state index in [1.54, 1.807) is 0 Å². The van der Waals surface area contributed by atoms with Crippen molar-refractivity contribution in [2.24, 2.45) is 5.92 Å². The Morgan fingerprint density at radius 3 is 2.25 bits per heavy atom. The number of hydrogen-bond donors (Lipinski definition) is 1. The van der Waals surface area contributed by atoms with E-state index in [4.69, 9.17) is 0 Å². The maximum Gasteiger partial charge on any atom is 0.259 e. The Morgan fingerprint density at radius 2 is 1.62 bits per heavy atom. The van der Waals surface area contributed by atoms with Gasteiger partial charge in [0.1, 0.15) is 0 Å². The third-order valence-corrected chi connectivity index (χ3v) is 7.73. The number of benzene rings is 2. The molecule has 1 heterocycles. The van der Waals surface area contributed by atoms with Gasteiger partial charge in [0.2, 0.25) is 0 Å². The number of piperidine rings is 1. The third kappa shape index (κ3) is 4.92. The number of hydrogen-bond acceptors (Lipinski definition) is 3. The lowest BCUT2D eigenvalue weighted by Gasteiger charge is -2.42. The molecule has 0 spiro atoms. The van der Waals surface area contributed by atoms with Crippen LogP contribution in [0.4, 0.5) is 0 Å². The minimum Gasteiger partial charge on any atom is -0.375 e. The fraction of sp³-hybridized carbons (Fsp3) is 0.536. The summed E-state index contributed by atoms with van der Waals surface area (Å²) >= 11 is 0. The molecular weight excluding hydrogens is 396 g/mol. The number of nitrogens with zero attached hydrogens (tertiary/aromatic N) is 2. The van der Waals surface area contributed by atoms with E-state index in [2.05, 4.69) is 42.3 Å². The van der Waals surface area contributed by atoms with Gasteiger partial charge in [-0.15, -0.1) is 0 Å². The van der Waals surface area contributed by atoms with Crippen molar-refractivity contribution in [3.05, 3.63) is 71.3 Å². The van der Waals surface area contributed by atoms with Gasteiger partial charge in [-0.3, -0.25) is 4.79 Å². The molecule has 2 aromatic carbocycles. The molecule has 4 rings (SSSR count). The Labute approximate surface area is 193 Å². The smallest absolute Gasteiger partial charge is 0.259 e. The van der Waals surface area contributed by atoms with Crippen LogP contribution in [0.2, 0.25) is 0 Å². The number of rotatable bonds is 7. The molecule has 0 aromatic heterocycles. The standard InChI is InChI=1S/C28H38N2O2/c1-22-12-14-25(15-13-22)28(32,24-10-6-7-11-24)27(31)30-20-17-26(18-21-30)29(2)19-16-23-8-4-3-5-9-23/h3-5,8-9,12-15,24,26,32H,6-7,10-11,16-21H2,1-2H3. The first-order valence-corrected chi connectivity index (χ1v) is 12.3. The Kier molecular flexibility index (Phi) is 7.32. The Balaban J connectivity index is 1.39. The number of carbonyl (C=O) groups excluding carboxylic acids is 1. The van der Waals surface area contributed by atoms with Crippen LogP contribution in [0.5, 0.6) is 0 Å². The van der Waals surface area contributed by atoms with Gasteiger partial charge in [-0.2, -0.15) is 0 Å². The van der Waals surface area contributed by atoms with Crippen LogP contribution in [0.3, 0.4) is 0 Å². The van der Waals surface area contributed by atoms with Crippen molar-refractivity contribution < 1.29 is 9.90 Å². The topological polar surface area (TPSA) is 43.8 Å². The second kappa shape index (κ2) is 10.2. The van der Waals surface area contributed by atoms with Gasteiger partial charge in [-0.05, 0) is 57.2 Å². The molecule has 2 aliphatic rings. The maximum atomic E-state index is 13.7. The van der Waals surface area contributed by atoms with E-state index in [0.29, 0.717) is 6.04 Å². The monoisotopic (exact) mass is 434 g/mol. The van der Waals surface area contributed by atoms with Crippen LogP contribution < -0.4 is 0 Å². The zero-order chi connectivity index (χ0) is 22.6. The van der Waals surface area contributed by atoms with Gasteiger partial charge in [0, 0.05) is 31.6 Å². The molecule has 1 saturated carbocycles. The fourth-order valence-corrected chi connectivity index (χ4v) is 5.57. The summed E-state index contributed by atoms with van der Waals surface area (Å²) in [7, 11) is 2.20. The second-order valence-electron chi connectivity index (χ2n) is 9.85. The van der Waals surface area contributed by atoms with Crippen molar-refractivity contribution >= 4 is 5.91 Å². The summed E-state index contributed by atoms with van der Waals surface area (Å²) in [6, 6.07) is 19.0. The predicted octanol–water partition coefficient (Wildman–Crippen LogP) is 4.54. The number of aliphatic hydroxyl groups is 1. The summed E-state index contributed by atoms with van der Waals surface area (Å²) < 4.78 is 0. The molecule has 1 aliphatic heterocycles. The van der Waals surface area contributed by atoms with Gasteiger partial charge in [0.05, 0.1) is 0 Å². The van der Waals surface area contributed by atoms with E-state index >= 15 is 0 Å². The Bertz CT molecular complexity index is 868. The van der Waals surface area contributed by atoms with Crippen molar-refractivity contribution in [2.75, 3.05) is 26.7 Å². The van der Waals surface area contributed by atoms with Crippen LogP contribution in [0.15, 0.2) is 54.6 Å². The number of amides is 1. The van der Waals surface area contributed by atoms with Crippen LogP contribution in [-0.4, -0.2) is 53.5 Å². The molecule has 172 valence electrons. The van der Waals surface area contributed by atoms with E-state index in [-0.39, 0.29) is 11.8 Å². The Hall–Kier alpha value is -2.17. The molecule has 4 nitrogen and oxygen atoms in total. The summed E-state index contributed by atoms with van der Waals surface area (Å²) in [5.74, 6) is -0.0670. The lowest BCUT2D eigenvalue weighted by Crippen LogP contribution is -2.54. The highest BCUT2D eigenvalue weighted by Crippen LogP contribution is 2.42. The van der Waals surface area contributed by atoms with Gasteiger partial charge < -0.3 is 14.9 Å². The average molecular weight is 435 g/mol. The first kappa shape index (κ1) is 23.0. The summed E-state index contributed by atoms with van der Waals surface area (Å²) in [5.41, 5.74) is 1.89. The van der Waals surface area contributed by atoms with Crippen molar-refractivity contribution in [2.45, 2.75) is 63.5 Å². The molecular formula is C28H38N2O2. The van der Waals surface area contributed by atoms with Gasteiger partial charge in [-0.1, -0.05) is 73.0 Å². The van der Waals surface area contributed by atoms with Gasteiger partial charge in [0.25, 0.3) is 5.91 Å². The zero-order valence-electron chi connectivity index (χ0n) is 19.7. The van der Waals surface area contributed by atoms with Crippen LogP contribution in [0, 0.1) is 12.8 Å². The van der Waals surface area contributed by atoms with Crippen molar-refractivity contribution in [3.63, 3.8) is 0 Å². The second-order valence-corrected chi connectivity index (χ2v) is 9.85. The zero-order valence-corrected chi connectivity index (χ0v) is 19.7. The summed E-state index contributed by atoms with van der Waals surface area (Å²) in [5, 5.41) is 11.9. The van der Waals surface area contributed by atoms with Gasteiger partial charge in [-0.25, -0.2) is 0 Å². The molecule has 1 saturated heterocycles. The van der Waals surface area contributed by atoms with Crippen LogP contribution in [0.25, 0.3) is 0 Å². The summed E-state index contributed by atoms with van der Waals surface area (Å²) in [6.45, 7) is 4.51. The summed E-state index contributed by atoms with van der Waals surface area (Å²) in [4.78, 5) is 18.1. The largest absolute Gasteiger partial charge is 0.375 e. The first-order valence-electron chi connectivity index (χ1n) is 12.3. The molecule has 2 fully saturated rings. The van der Waals surface area contributed by atoms with Crippen molar-refractivity contribution in [3.8, 4) is 0 Å². The van der Waals surface area contributed by atoms with E-state index in [1.807, 2.05) is 36.1 Å². The number of likely N-dealkylation sites (tertiary alicyclic amines) is 1. The van der Waals surface area contributed by atoms with Crippen LogP contribution in [-0.2, 0) is 16.8 Å². The Morgan fingerprint density at radius 1 is 1.00 bits per heavy atom. The molecule has 1 unspecified atom stereocenters. The fourth-order valence-electron chi connectivity index (χ4n) is 5.57. The molecule has 2 aromatic rings. The van der Waals surface area contributed by atoms with Crippen LogP contribution in [0.1, 0.15) is 55.2 Å². The molecule has 1 N–H and O–H groups in total. The molecule has 0 radical (unpaired) electrons. The number of carbonyl (C=O) groups is 1. The maximum absolute atomic E-state index is 13.7. The van der Waals surface area contributed by atoms with Gasteiger partial charge in [0.15, 0.2) is 5.60 Å². The molecule has 1 amide bonds. The lowest BCUT2D eigenvalue weighted by molar-refractivity contribution is -0.161. The highest BCUT2D eigenvalue weighted by atomic mass is 16.3. The van der Waals surface area contributed by atoms with Gasteiger partial charge >= 0.3 is 0 Å². The third-order valence-electron chi connectivity index (χ3n) is 7.73. The van der Waals surface area contributed by atoms with E-state index < -0.39 is 5.60 Å². The average Bonchev–Trinajstić information content (AvgIpc) is 3.38. The highest BCUT2D eigenvalue weighted by molar-refractivity contribution is 5.87. The number of aryl methyl sites for hydroxylation is 1. The summed E-state index contributed by atoms with van der Waals surface area (Å²) in [6.07, 6.45) is 7.02. The molecule has 32 heavy (non-hydrogen) atoms. The van der Waals surface area contributed by atoms with E-state index in [1.165, 1.54) is 5.56 Å². The first-order chi connectivity index (χ1) is 15.5. The van der Waals surface area contributed by atoms with Crippen molar-refractivity contribution in [1.29, 1.82) is 0 Å². The van der Waals surface area contributed by atoms with E-state index in [9.17, 15) is 9.90 Å². The van der Waals surface area contributed by atoms with Crippen LogP contribution >= 0.6 is 0 Å². The molecule has 1 atom stereocenters. The molecule has 4 heteroatoms. The number of likely N-dealkylation sites (N-methyl/N-ethyl adjacent to an activating group) is 1. The predicted molar refractivity (Wildman–Crippen MR) is 129 cm³/mol. The van der Waals surface area contributed by atoms with E-state index in [0.717, 1.165) is 75.7 Å².